The molecule has 1 aliphatic carbocycles. The van der Waals surface area contributed by atoms with Gasteiger partial charge in [0.2, 0.25) is 5.91 Å². The fourth-order valence-electron chi connectivity index (χ4n) is 4.31. The first-order valence-electron chi connectivity index (χ1n) is 8.93. The number of carbonyl (C=O) groups excluding carboxylic acids is 1. The minimum Gasteiger partial charge on any atom is -0.338 e. The molecule has 2 aliphatic rings. The van der Waals surface area contributed by atoms with Crippen molar-refractivity contribution in [2.24, 2.45) is 11.8 Å². The van der Waals surface area contributed by atoms with Gasteiger partial charge in [-0.1, -0.05) is 18.5 Å². The maximum absolute atomic E-state index is 13.0. The fourth-order valence-corrected chi connectivity index (χ4v) is 4.54. The number of hydrogen-bond donors (Lipinski definition) is 0. The standard InChI is InChI=1S/C18H22ClF3N2O2/c1-11-4-5-15-12(7-11)3-2-6-24(15)16(25)10-23-9-13(18(20,21)22)8-14(19)17(23)26/h8-9,11-12,15H,2-7,10H2,1H3/t11-,12-,15+/m1/s1. The Morgan fingerprint density at radius 2 is 2.04 bits per heavy atom. The van der Waals surface area contributed by atoms with Crippen LogP contribution < -0.4 is 5.56 Å². The van der Waals surface area contributed by atoms with Crippen LogP contribution in [0, 0.1) is 11.8 Å². The van der Waals surface area contributed by atoms with Crippen molar-refractivity contribution in [2.75, 3.05) is 6.54 Å². The van der Waals surface area contributed by atoms with Gasteiger partial charge in [0.1, 0.15) is 11.6 Å². The normalized spacial score (nSPS) is 26.5. The van der Waals surface area contributed by atoms with E-state index in [1.807, 2.05) is 0 Å². The lowest BCUT2D eigenvalue weighted by Crippen LogP contribution is -2.51. The van der Waals surface area contributed by atoms with Gasteiger partial charge >= 0.3 is 6.18 Å². The number of hydrogen-bond acceptors (Lipinski definition) is 2. The molecule has 0 spiro atoms. The summed E-state index contributed by atoms with van der Waals surface area (Å²) < 4.78 is 39.7. The highest BCUT2D eigenvalue weighted by Gasteiger charge is 2.38. The number of alkyl halides is 3. The second kappa shape index (κ2) is 7.25. The van der Waals surface area contributed by atoms with Crippen LogP contribution >= 0.6 is 11.6 Å². The molecule has 0 N–H and O–H groups in total. The number of aromatic nitrogens is 1. The van der Waals surface area contributed by atoms with Crippen molar-refractivity contribution in [2.45, 2.75) is 57.8 Å². The molecule has 8 heteroatoms. The lowest BCUT2D eigenvalue weighted by Gasteiger charge is -2.45. The molecule has 0 radical (unpaired) electrons. The molecule has 1 aliphatic heterocycles. The maximum atomic E-state index is 13.0. The molecule has 3 atom stereocenters. The largest absolute Gasteiger partial charge is 0.417 e. The molecule has 26 heavy (non-hydrogen) atoms. The van der Waals surface area contributed by atoms with Crippen LogP contribution in [-0.4, -0.2) is 28.0 Å². The van der Waals surface area contributed by atoms with Crippen molar-refractivity contribution in [3.8, 4) is 0 Å². The van der Waals surface area contributed by atoms with Gasteiger partial charge in [0, 0.05) is 18.8 Å². The molecule has 1 saturated heterocycles. The van der Waals surface area contributed by atoms with E-state index in [2.05, 4.69) is 6.92 Å². The lowest BCUT2D eigenvalue weighted by molar-refractivity contribution is -0.140. The van der Waals surface area contributed by atoms with Gasteiger partial charge in [-0.15, -0.1) is 0 Å². The predicted octanol–water partition coefficient (Wildman–Crippen LogP) is 3.95. The van der Waals surface area contributed by atoms with Crippen molar-refractivity contribution < 1.29 is 18.0 Å². The Morgan fingerprint density at radius 3 is 2.73 bits per heavy atom. The topological polar surface area (TPSA) is 42.3 Å². The Labute approximate surface area is 154 Å². The van der Waals surface area contributed by atoms with E-state index in [9.17, 15) is 22.8 Å². The van der Waals surface area contributed by atoms with Crippen molar-refractivity contribution in [1.29, 1.82) is 0 Å². The van der Waals surface area contributed by atoms with Gasteiger partial charge in [-0.2, -0.15) is 13.2 Å². The molecule has 4 nitrogen and oxygen atoms in total. The number of fused-ring (bicyclic) bond motifs is 1. The summed E-state index contributed by atoms with van der Waals surface area (Å²) in [4.78, 5) is 26.6. The number of rotatable bonds is 2. The molecular weight excluding hydrogens is 369 g/mol. The number of nitrogens with zero attached hydrogens (tertiary/aromatic N) is 2. The first kappa shape index (κ1) is 19.3. The maximum Gasteiger partial charge on any atom is 0.417 e. The van der Waals surface area contributed by atoms with Crippen molar-refractivity contribution in [3.63, 3.8) is 0 Å². The van der Waals surface area contributed by atoms with Crippen LogP contribution in [0.4, 0.5) is 13.2 Å². The highest BCUT2D eigenvalue weighted by molar-refractivity contribution is 6.30. The summed E-state index contributed by atoms with van der Waals surface area (Å²) >= 11 is 5.66. The van der Waals surface area contributed by atoms with Gasteiger partial charge in [-0.05, 0) is 50.0 Å². The van der Waals surface area contributed by atoms with E-state index in [1.165, 1.54) is 0 Å². The van der Waals surface area contributed by atoms with Crippen molar-refractivity contribution in [3.05, 3.63) is 33.2 Å². The Kier molecular flexibility index (Phi) is 5.37. The predicted molar refractivity (Wildman–Crippen MR) is 92.0 cm³/mol. The van der Waals surface area contributed by atoms with Gasteiger partial charge in [0.25, 0.3) is 5.56 Å². The van der Waals surface area contributed by atoms with Crippen LogP contribution in [0.25, 0.3) is 0 Å². The van der Waals surface area contributed by atoms with Crippen molar-refractivity contribution >= 4 is 17.5 Å². The zero-order valence-electron chi connectivity index (χ0n) is 14.6. The van der Waals surface area contributed by atoms with Crippen LogP contribution in [0.5, 0.6) is 0 Å². The molecule has 0 bridgehead atoms. The molecule has 144 valence electrons. The summed E-state index contributed by atoms with van der Waals surface area (Å²) in [5, 5.41) is -0.532. The number of piperidine rings is 1. The van der Waals surface area contributed by atoms with E-state index in [4.69, 9.17) is 11.6 Å². The molecule has 3 rings (SSSR count). The van der Waals surface area contributed by atoms with Crippen LogP contribution in [0.2, 0.25) is 5.02 Å². The van der Waals surface area contributed by atoms with Gasteiger partial charge in [-0.3, -0.25) is 9.59 Å². The number of halogens is 4. The molecule has 1 saturated carbocycles. The minimum atomic E-state index is -4.63. The van der Waals surface area contributed by atoms with E-state index >= 15 is 0 Å². The highest BCUT2D eigenvalue weighted by atomic mass is 35.5. The average Bonchev–Trinajstić information content (AvgIpc) is 2.56. The van der Waals surface area contributed by atoms with E-state index in [0.717, 1.165) is 36.7 Å². The second-order valence-electron chi connectivity index (χ2n) is 7.48. The summed E-state index contributed by atoms with van der Waals surface area (Å²) in [7, 11) is 0. The lowest BCUT2D eigenvalue weighted by atomic mass is 9.74. The Morgan fingerprint density at radius 1 is 1.31 bits per heavy atom. The van der Waals surface area contributed by atoms with Crippen molar-refractivity contribution in [1.82, 2.24) is 9.47 Å². The van der Waals surface area contributed by atoms with Gasteiger partial charge in [0.05, 0.1) is 5.56 Å². The highest BCUT2D eigenvalue weighted by Crippen LogP contribution is 2.38. The summed E-state index contributed by atoms with van der Waals surface area (Å²) in [5.41, 5.74) is -1.81. The van der Waals surface area contributed by atoms with Crippen LogP contribution in [0.3, 0.4) is 0 Å². The molecule has 1 amide bonds. The zero-order valence-corrected chi connectivity index (χ0v) is 15.3. The van der Waals surface area contributed by atoms with Crippen LogP contribution in [0.1, 0.15) is 44.6 Å². The van der Waals surface area contributed by atoms with Gasteiger partial charge < -0.3 is 9.47 Å². The Balaban J connectivity index is 1.81. The summed E-state index contributed by atoms with van der Waals surface area (Å²) in [6.07, 6.45) is 1.04. The molecule has 0 aromatic carbocycles. The fraction of sp³-hybridized carbons (Fsp3) is 0.667. The number of amides is 1. The second-order valence-corrected chi connectivity index (χ2v) is 7.89. The minimum absolute atomic E-state index is 0.129. The van der Waals surface area contributed by atoms with Crippen LogP contribution in [0.15, 0.2) is 17.1 Å². The molecule has 0 unspecified atom stereocenters. The third-order valence-electron chi connectivity index (χ3n) is 5.57. The molecule has 2 fully saturated rings. The monoisotopic (exact) mass is 390 g/mol. The van der Waals surface area contributed by atoms with E-state index < -0.39 is 28.9 Å². The molecule has 2 heterocycles. The smallest absolute Gasteiger partial charge is 0.338 e. The zero-order chi connectivity index (χ0) is 19.1. The SMILES string of the molecule is C[C@@H]1CC[C@H]2[C@H](CCCN2C(=O)Cn2cc(C(F)(F)F)cc(Cl)c2=O)C1. The number of pyridine rings is 1. The first-order valence-corrected chi connectivity index (χ1v) is 9.31. The van der Waals surface area contributed by atoms with E-state index in [0.29, 0.717) is 30.6 Å². The summed E-state index contributed by atoms with van der Waals surface area (Å²) in [6, 6.07) is 0.731. The van der Waals surface area contributed by atoms with E-state index in [-0.39, 0.29) is 11.9 Å². The number of likely N-dealkylation sites (tertiary alicyclic amines) is 1. The van der Waals surface area contributed by atoms with E-state index in [1.54, 1.807) is 4.90 Å². The average molecular weight is 391 g/mol. The summed E-state index contributed by atoms with van der Waals surface area (Å²) in [5.74, 6) is 0.765. The third-order valence-corrected chi connectivity index (χ3v) is 5.85. The Bertz CT molecular complexity index is 747. The third kappa shape index (κ3) is 3.92. The number of carbonyl (C=O) groups is 1. The Hall–Kier alpha value is -1.50. The van der Waals surface area contributed by atoms with Gasteiger partial charge in [0.15, 0.2) is 0 Å². The molecule has 1 aromatic rings. The quantitative estimate of drug-likeness (QED) is 0.767. The van der Waals surface area contributed by atoms with Crippen LogP contribution in [-0.2, 0) is 17.5 Å². The molecular formula is C18H22ClF3N2O2. The first-order chi connectivity index (χ1) is 12.2. The summed E-state index contributed by atoms with van der Waals surface area (Å²) in [6.45, 7) is 2.39. The van der Waals surface area contributed by atoms with Gasteiger partial charge in [-0.25, -0.2) is 0 Å². The molecule has 1 aromatic heterocycles.